The van der Waals surface area contributed by atoms with Crippen molar-refractivity contribution in [3.05, 3.63) is 64.7 Å². The monoisotopic (exact) mass is 349 g/mol. The summed E-state index contributed by atoms with van der Waals surface area (Å²) < 4.78 is 0. The molecule has 2 aromatic carbocycles. The van der Waals surface area contributed by atoms with Crippen molar-refractivity contribution in [3.63, 3.8) is 0 Å². The Morgan fingerprint density at radius 3 is 2.35 bits per heavy atom. The molecule has 0 saturated carbocycles. The topological polar surface area (TPSA) is 49.3 Å². The molecule has 0 aliphatic heterocycles. The molecule has 2 rings (SSSR count). The van der Waals surface area contributed by atoms with Gasteiger partial charge in [0.25, 0.3) is 0 Å². The molecule has 23 heavy (non-hydrogen) atoms. The summed E-state index contributed by atoms with van der Waals surface area (Å²) in [5.74, 6) is 0.817. The molecule has 2 N–H and O–H groups in total. The van der Waals surface area contributed by atoms with Crippen molar-refractivity contribution < 1.29 is 9.90 Å². The molecule has 0 radical (unpaired) electrons. The number of hydrogen-bond acceptors (Lipinski definition) is 3. The number of nitrogens with one attached hydrogen (secondary N) is 1. The van der Waals surface area contributed by atoms with Gasteiger partial charge < -0.3 is 10.4 Å². The summed E-state index contributed by atoms with van der Waals surface area (Å²) in [4.78, 5) is 12.9. The van der Waals surface area contributed by atoms with Crippen LogP contribution in [0.25, 0.3) is 0 Å². The van der Waals surface area contributed by atoms with Crippen LogP contribution in [-0.4, -0.2) is 23.3 Å². The summed E-state index contributed by atoms with van der Waals surface area (Å²) in [6, 6.07) is 15.4. The zero-order valence-electron chi connectivity index (χ0n) is 12.8. The van der Waals surface area contributed by atoms with E-state index in [1.807, 2.05) is 48.5 Å². The van der Waals surface area contributed by atoms with Gasteiger partial charge in [-0.1, -0.05) is 35.9 Å². The molecule has 0 aromatic heterocycles. The fraction of sp³-hybridized carbons (Fsp3) is 0.278. The molecule has 3 nitrogen and oxygen atoms in total. The molecule has 0 atom stereocenters. The minimum atomic E-state index is 0.0578. The van der Waals surface area contributed by atoms with Crippen LogP contribution in [0.5, 0.6) is 0 Å². The van der Waals surface area contributed by atoms with Crippen LogP contribution in [0.3, 0.4) is 0 Å². The molecule has 0 aliphatic rings. The third-order valence-corrected chi connectivity index (χ3v) is 4.62. The Kier molecular flexibility index (Phi) is 7.46. The quantitative estimate of drug-likeness (QED) is 0.715. The molecule has 0 fully saturated rings. The molecular formula is C18H20ClNO2S. The van der Waals surface area contributed by atoms with Crippen LogP contribution in [-0.2, 0) is 17.8 Å². The van der Waals surface area contributed by atoms with E-state index < -0.39 is 0 Å². The second-order valence-electron chi connectivity index (χ2n) is 5.13. The Bertz CT molecular complexity index is 614. The number of aliphatic hydroxyl groups is 1. The van der Waals surface area contributed by atoms with Gasteiger partial charge in [0.15, 0.2) is 0 Å². The second-order valence-corrected chi connectivity index (χ2v) is 6.73. The Hall–Kier alpha value is -1.49. The first-order valence-electron chi connectivity index (χ1n) is 7.51. The van der Waals surface area contributed by atoms with Gasteiger partial charge in [-0.05, 0) is 41.8 Å². The van der Waals surface area contributed by atoms with Crippen LogP contribution in [0.1, 0.15) is 17.5 Å². The highest BCUT2D eigenvalue weighted by molar-refractivity contribution is 7.99. The van der Waals surface area contributed by atoms with Gasteiger partial charge in [0.2, 0.25) is 5.91 Å². The fourth-order valence-electron chi connectivity index (χ4n) is 2.04. The van der Waals surface area contributed by atoms with Gasteiger partial charge in [-0.15, -0.1) is 11.8 Å². The first kappa shape index (κ1) is 17.9. The standard InChI is InChI=1S/C18H20ClNO2S/c19-16-5-7-17(8-6-16)23-12-10-18(22)20-11-9-14-1-3-15(13-21)4-2-14/h1-8,21H,9-13H2,(H,20,22). The summed E-state index contributed by atoms with van der Waals surface area (Å²) in [7, 11) is 0. The molecule has 5 heteroatoms. The average Bonchev–Trinajstić information content (AvgIpc) is 2.57. The van der Waals surface area contributed by atoms with Crippen molar-refractivity contribution in [1.29, 1.82) is 0 Å². The smallest absolute Gasteiger partial charge is 0.220 e. The number of benzene rings is 2. The number of amides is 1. The van der Waals surface area contributed by atoms with E-state index in [1.165, 1.54) is 0 Å². The van der Waals surface area contributed by atoms with Gasteiger partial charge in [0.1, 0.15) is 0 Å². The lowest BCUT2D eigenvalue weighted by molar-refractivity contribution is -0.120. The van der Waals surface area contributed by atoms with Gasteiger partial charge in [-0.2, -0.15) is 0 Å². The first-order chi connectivity index (χ1) is 11.2. The second kappa shape index (κ2) is 9.60. The minimum absolute atomic E-state index is 0.0578. The number of carbonyl (C=O) groups excluding carboxylic acids is 1. The summed E-state index contributed by atoms with van der Waals surface area (Å²) in [5.41, 5.74) is 2.05. The van der Waals surface area contributed by atoms with Crippen molar-refractivity contribution in [2.75, 3.05) is 12.3 Å². The van der Waals surface area contributed by atoms with E-state index in [1.54, 1.807) is 11.8 Å². The number of aliphatic hydroxyl groups excluding tert-OH is 1. The average molecular weight is 350 g/mol. The fourth-order valence-corrected chi connectivity index (χ4v) is 3.02. The maximum atomic E-state index is 11.8. The van der Waals surface area contributed by atoms with Gasteiger partial charge >= 0.3 is 0 Å². The Balaban J connectivity index is 1.62. The highest BCUT2D eigenvalue weighted by Crippen LogP contribution is 2.20. The molecular weight excluding hydrogens is 330 g/mol. The predicted molar refractivity (Wildman–Crippen MR) is 95.9 cm³/mol. The van der Waals surface area contributed by atoms with Gasteiger partial charge in [-0.25, -0.2) is 0 Å². The molecule has 0 spiro atoms. The zero-order chi connectivity index (χ0) is 16.5. The molecule has 0 saturated heterocycles. The molecule has 2 aromatic rings. The van der Waals surface area contributed by atoms with Crippen molar-refractivity contribution in [3.8, 4) is 0 Å². The van der Waals surface area contributed by atoms with Crippen LogP contribution >= 0.6 is 23.4 Å². The number of halogens is 1. The number of hydrogen-bond donors (Lipinski definition) is 2. The van der Waals surface area contributed by atoms with E-state index in [-0.39, 0.29) is 12.5 Å². The number of carbonyl (C=O) groups is 1. The maximum Gasteiger partial charge on any atom is 0.220 e. The highest BCUT2D eigenvalue weighted by atomic mass is 35.5. The van der Waals surface area contributed by atoms with Crippen LogP contribution in [0.15, 0.2) is 53.4 Å². The van der Waals surface area contributed by atoms with E-state index in [0.717, 1.165) is 33.2 Å². The normalized spacial score (nSPS) is 10.5. The summed E-state index contributed by atoms with van der Waals surface area (Å²) in [5, 5.41) is 12.6. The van der Waals surface area contributed by atoms with Crippen LogP contribution in [0.2, 0.25) is 5.02 Å². The van der Waals surface area contributed by atoms with Gasteiger partial charge in [0, 0.05) is 28.6 Å². The zero-order valence-corrected chi connectivity index (χ0v) is 14.4. The van der Waals surface area contributed by atoms with E-state index in [2.05, 4.69) is 5.32 Å². The minimum Gasteiger partial charge on any atom is -0.392 e. The molecule has 0 bridgehead atoms. The summed E-state index contributed by atoms with van der Waals surface area (Å²) >= 11 is 7.48. The SMILES string of the molecule is O=C(CCSc1ccc(Cl)cc1)NCCc1ccc(CO)cc1. The van der Waals surface area contributed by atoms with E-state index >= 15 is 0 Å². The molecule has 0 aliphatic carbocycles. The largest absolute Gasteiger partial charge is 0.392 e. The van der Waals surface area contributed by atoms with Crippen LogP contribution < -0.4 is 5.32 Å². The Morgan fingerprint density at radius 2 is 1.70 bits per heavy atom. The van der Waals surface area contributed by atoms with Crippen molar-refractivity contribution >= 4 is 29.3 Å². The number of rotatable bonds is 8. The van der Waals surface area contributed by atoms with Crippen molar-refractivity contribution in [1.82, 2.24) is 5.32 Å². The Morgan fingerprint density at radius 1 is 1.04 bits per heavy atom. The molecule has 122 valence electrons. The summed E-state index contributed by atoms with van der Waals surface area (Å²) in [6.45, 7) is 0.686. The Labute approximate surface area is 146 Å². The lowest BCUT2D eigenvalue weighted by Crippen LogP contribution is -2.25. The number of thioether (sulfide) groups is 1. The van der Waals surface area contributed by atoms with Crippen LogP contribution in [0.4, 0.5) is 0 Å². The van der Waals surface area contributed by atoms with E-state index in [0.29, 0.717) is 13.0 Å². The van der Waals surface area contributed by atoms with E-state index in [9.17, 15) is 4.79 Å². The first-order valence-corrected chi connectivity index (χ1v) is 8.87. The van der Waals surface area contributed by atoms with Gasteiger partial charge in [0.05, 0.1) is 6.61 Å². The predicted octanol–water partition coefficient (Wildman–Crippen LogP) is 3.67. The molecule has 0 unspecified atom stereocenters. The molecule has 0 heterocycles. The van der Waals surface area contributed by atoms with Gasteiger partial charge in [-0.3, -0.25) is 4.79 Å². The summed E-state index contributed by atoms with van der Waals surface area (Å²) in [6.07, 6.45) is 1.29. The van der Waals surface area contributed by atoms with Crippen molar-refractivity contribution in [2.24, 2.45) is 0 Å². The lowest BCUT2D eigenvalue weighted by atomic mass is 10.1. The van der Waals surface area contributed by atoms with Crippen LogP contribution in [0, 0.1) is 0 Å². The van der Waals surface area contributed by atoms with E-state index in [4.69, 9.17) is 16.7 Å². The third-order valence-electron chi connectivity index (χ3n) is 3.35. The lowest BCUT2D eigenvalue weighted by Gasteiger charge is -2.06. The highest BCUT2D eigenvalue weighted by Gasteiger charge is 2.02. The third kappa shape index (κ3) is 6.65. The maximum absolute atomic E-state index is 11.8. The van der Waals surface area contributed by atoms with Crippen molar-refractivity contribution in [2.45, 2.75) is 24.3 Å². The molecule has 1 amide bonds.